The van der Waals surface area contributed by atoms with Crippen molar-refractivity contribution in [2.24, 2.45) is 23.7 Å². The van der Waals surface area contributed by atoms with Crippen molar-refractivity contribution in [1.82, 2.24) is 24.8 Å². The van der Waals surface area contributed by atoms with Crippen LogP contribution < -0.4 is 0 Å². The summed E-state index contributed by atoms with van der Waals surface area (Å²) in [5.74, 6) is 0.395. The fraction of sp³-hybridized carbons (Fsp3) is 0.700. The standard InChI is InChI=1S/C30H41N5O6/c1-19-5-10-25-20(2)27(38-28-30(25)24(19)11-12-29(3,39-28)40-41-30)37-18-22-17-35(32-31-22)23-8-6-21(7-9-23)26(36)34-15-13-33(4)14-16-34/h6-9,17,19-20,24-25,27-28H,5,10-16,18H2,1-4H3/t19-,20-,24+,25+,27+,28-,29-,30-/m1/s1. The van der Waals surface area contributed by atoms with E-state index in [9.17, 15) is 4.79 Å². The first-order valence-electron chi connectivity index (χ1n) is 15.1. The number of fused-ring (bicyclic) bond motifs is 2. The van der Waals surface area contributed by atoms with Gasteiger partial charge in [-0.25, -0.2) is 14.5 Å². The smallest absolute Gasteiger partial charge is 0.253 e. The Labute approximate surface area is 240 Å². The maximum atomic E-state index is 12.9. The van der Waals surface area contributed by atoms with Crippen molar-refractivity contribution in [3.8, 4) is 5.69 Å². The van der Waals surface area contributed by atoms with Crippen LogP contribution in [-0.4, -0.2) is 87.9 Å². The summed E-state index contributed by atoms with van der Waals surface area (Å²) in [5.41, 5.74) is 1.61. The Morgan fingerprint density at radius 2 is 1.83 bits per heavy atom. The number of rotatable bonds is 5. The molecule has 11 heteroatoms. The zero-order chi connectivity index (χ0) is 28.4. The Hall–Kier alpha value is -2.41. The number of likely N-dealkylation sites (N-methyl/N-ethyl adjacent to an activating group) is 1. The fourth-order valence-corrected chi connectivity index (χ4v) is 7.67. The number of piperazine rings is 1. The molecule has 8 rings (SSSR count). The summed E-state index contributed by atoms with van der Waals surface area (Å²) < 4.78 is 21.0. The van der Waals surface area contributed by atoms with Crippen LogP contribution in [0.15, 0.2) is 30.5 Å². The molecule has 1 aromatic carbocycles. The Morgan fingerprint density at radius 3 is 2.61 bits per heavy atom. The molecule has 0 N–H and O–H groups in total. The first-order chi connectivity index (χ1) is 19.8. The molecule has 0 unspecified atom stereocenters. The second-order valence-electron chi connectivity index (χ2n) is 12.9. The second-order valence-corrected chi connectivity index (χ2v) is 12.9. The van der Waals surface area contributed by atoms with E-state index < -0.39 is 24.0 Å². The van der Waals surface area contributed by atoms with Gasteiger partial charge in [0.1, 0.15) is 5.69 Å². The van der Waals surface area contributed by atoms with E-state index in [1.807, 2.05) is 42.3 Å². The van der Waals surface area contributed by atoms with Gasteiger partial charge in [0.05, 0.1) is 18.5 Å². The van der Waals surface area contributed by atoms with E-state index in [-0.39, 0.29) is 24.3 Å². The van der Waals surface area contributed by atoms with Crippen LogP contribution in [0, 0.1) is 23.7 Å². The van der Waals surface area contributed by atoms with Crippen LogP contribution in [0.2, 0.25) is 0 Å². The third kappa shape index (κ3) is 4.71. The van der Waals surface area contributed by atoms with E-state index in [1.165, 1.54) is 0 Å². The van der Waals surface area contributed by atoms with Crippen LogP contribution in [0.4, 0.5) is 0 Å². The van der Waals surface area contributed by atoms with E-state index in [1.54, 1.807) is 4.68 Å². The van der Waals surface area contributed by atoms with Crippen LogP contribution in [0.1, 0.15) is 62.5 Å². The van der Waals surface area contributed by atoms with Crippen molar-refractivity contribution in [1.29, 1.82) is 0 Å². The monoisotopic (exact) mass is 567 g/mol. The van der Waals surface area contributed by atoms with Gasteiger partial charge in [-0.05, 0) is 69.3 Å². The number of amides is 1. The zero-order valence-corrected chi connectivity index (χ0v) is 24.4. The number of hydrogen-bond acceptors (Lipinski definition) is 9. The van der Waals surface area contributed by atoms with Crippen LogP contribution in [0.25, 0.3) is 5.69 Å². The van der Waals surface area contributed by atoms with Crippen LogP contribution in [0.5, 0.6) is 0 Å². The van der Waals surface area contributed by atoms with Crippen molar-refractivity contribution < 1.29 is 28.8 Å². The van der Waals surface area contributed by atoms with E-state index >= 15 is 0 Å². The van der Waals surface area contributed by atoms with Gasteiger partial charge in [-0.3, -0.25) is 4.79 Å². The lowest BCUT2D eigenvalue weighted by Crippen LogP contribution is -2.70. The lowest BCUT2D eigenvalue weighted by Gasteiger charge is -2.60. The van der Waals surface area contributed by atoms with Gasteiger partial charge in [0, 0.05) is 50.0 Å². The van der Waals surface area contributed by atoms with Gasteiger partial charge in [-0.1, -0.05) is 19.1 Å². The second kappa shape index (κ2) is 10.4. The first kappa shape index (κ1) is 27.4. The largest absolute Gasteiger partial charge is 0.346 e. The average molecular weight is 568 g/mol. The van der Waals surface area contributed by atoms with E-state index in [2.05, 4.69) is 36.1 Å². The molecule has 2 bridgehead atoms. The van der Waals surface area contributed by atoms with Crippen molar-refractivity contribution in [3.05, 3.63) is 41.7 Å². The summed E-state index contributed by atoms with van der Waals surface area (Å²) >= 11 is 0. The zero-order valence-electron chi connectivity index (χ0n) is 24.4. The normalized spacial score (nSPS) is 38.9. The third-order valence-electron chi connectivity index (χ3n) is 10.2. The fourth-order valence-electron chi connectivity index (χ4n) is 7.67. The molecule has 1 aliphatic carbocycles. The highest BCUT2D eigenvalue weighted by molar-refractivity contribution is 5.94. The number of ether oxygens (including phenoxy) is 3. The van der Waals surface area contributed by atoms with Gasteiger partial charge in [-0.15, -0.1) is 5.10 Å². The van der Waals surface area contributed by atoms with Gasteiger partial charge in [-0.2, -0.15) is 0 Å². The Morgan fingerprint density at radius 1 is 1.05 bits per heavy atom. The third-order valence-corrected chi connectivity index (χ3v) is 10.2. The van der Waals surface area contributed by atoms with Gasteiger partial charge in [0.15, 0.2) is 18.2 Å². The Balaban J connectivity index is 1.01. The molecule has 6 aliphatic rings. The predicted molar refractivity (Wildman–Crippen MR) is 146 cm³/mol. The minimum absolute atomic E-state index is 0.0660. The minimum Gasteiger partial charge on any atom is -0.346 e. The molecule has 5 saturated heterocycles. The van der Waals surface area contributed by atoms with Crippen molar-refractivity contribution in [2.75, 3.05) is 33.2 Å². The minimum atomic E-state index is -0.810. The van der Waals surface area contributed by atoms with Crippen molar-refractivity contribution >= 4 is 5.91 Å². The Kier molecular flexibility index (Phi) is 6.95. The van der Waals surface area contributed by atoms with Crippen LogP contribution in [0.3, 0.4) is 0 Å². The number of carbonyl (C=O) groups excluding carboxylic acids is 1. The number of nitrogens with zero attached hydrogens (tertiary/aromatic N) is 5. The number of carbonyl (C=O) groups is 1. The van der Waals surface area contributed by atoms with Crippen molar-refractivity contribution in [2.45, 2.75) is 77.0 Å². The average Bonchev–Trinajstić information content (AvgIpc) is 3.34. The van der Waals surface area contributed by atoms with Crippen LogP contribution in [-0.2, 0) is 30.6 Å². The van der Waals surface area contributed by atoms with Crippen molar-refractivity contribution in [3.63, 3.8) is 0 Å². The highest BCUT2D eigenvalue weighted by Gasteiger charge is 2.69. The Bertz CT molecular complexity index is 1260. The molecule has 1 saturated carbocycles. The quantitative estimate of drug-likeness (QED) is 0.504. The molecular weight excluding hydrogens is 526 g/mol. The van der Waals surface area contributed by atoms with Gasteiger partial charge in [0.2, 0.25) is 5.79 Å². The number of aromatic nitrogens is 3. The summed E-state index contributed by atoms with van der Waals surface area (Å²) in [6.07, 6.45) is 4.81. The lowest BCUT2D eigenvalue weighted by atomic mass is 9.58. The molecule has 6 heterocycles. The molecule has 8 atom stereocenters. The molecule has 41 heavy (non-hydrogen) atoms. The van der Waals surface area contributed by atoms with E-state index in [0.29, 0.717) is 23.1 Å². The maximum absolute atomic E-state index is 12.9. The van der Waals surface area contributed by atoms with E-state index in [0.717, 1.165) is 57.5 Å². The summed E-state index contributed by atoms with van der Waals surface area (Å²) in [6.45, 7) is 9.98. The van der Waals surface area contributed by atoms with Gasteiger partial charge >= 0.3 is 0 Å². The topological polar surface area (TPSA) is 100 Å². The number of hydrogen-bond donors (Lipinski definition) is 0. The summed E-state index contributed by atoms with van der Waals surface area (Å²) in [6, 6.07) is 7.50. The molecule has 6 fully saturated rings. The highest BCUT2D eigenvalue weighted by Crippen LogP contribution is 2.60. The molecule has 1 amide bonds. The molecule has 11 nitrogen and oxygen atoms in total. The van der Waals surface area contributed by atoms with Crippen LogP contribution >= 0.6 is 0 Å². The predicted octanol–water partition coefficient (Wildman–Crippen LogP) is 3.38. The highest BCUT2D eigenvalue weighted by atomic mass is 17.3. The molecule has 1 spiro atoms. The maximum Gasteiger partial charge on any atom is 0.253 e. The summed E-state index contributed by atoms with van der Waals surface area (Å²) in [7, 11) is 2.08. The summed E-state index contributed by atoms with van der Waals surface area (Å²) in [4.78, 5) is 29.2. The van der Waals surface area contributed by atoms with Gasteiger partial charge in [0.25, 0.3) is 5.91 Å². The van der Waals surface area contributed by atoms with Gasteiger partial charge < -0.3 is 24.0 Å². The molecule has 0 radical (unpaired) electrons. The molecule has 2 aromatic rings. The van der Waals surface area contributed by atoms with E-state index in [4.69, 9.17) is 24.0 Å². The number of benzene rings is 1. The molecule has 5 aliphatic heterocycles. The molecule has 1 aromatic heterocycles. The summed E-state index contributed by atoms with van der Waals surface area (Å²) in [5, 5.41) is 8.63. The molecule has 222 valence electrons. The SMILES string of the molecule is C[C@H]1[C@@H](OCc2cn(-c3ccc(C(=O)N4CCN(C)CC4)cc3)nn2)O[C@@H]2O[C@@]3(C)CC[C@H]4[C@H](C)CC[C@@H]1[C@@]24OO3. The first-order valence-corrected chi connectivity index (χ1v) is 15.1. The lowest BCUT2D eigenvalue weighted by molar-refractivity contribution is -0.577. The molecular formula is C30H41N5O6.